The molecular formula is C16H13F2N5S. The van der Waals surface area contributed by atoms with Crippen molar-refractivity contribution in [1.82, 2.24) is 19.8 Å². The van der Waals surface area contributed by atoms with E-state index < -0.39 is 12.2 Å². The molecule has 0 aliphatic rings. The van der Waals surface area contributed by atoms with Crippen molar-refractivity contribution in [3.8, 4) is 0 Å². The highest BCUT2D eigenvalue weighted by Gasteiger charge is 2.18. The summed E-state index contributed by atoms with van der Waals surface area (Å²) >= 11 is 1.68. The first-order chi connectivity index (χ1) is 11.6. The van der Waals surface area contributed by atoms with Gasteiger partial charge in [-0.05, 0) is 41.5 Å². The third kappa shape index (κ3) is 2.48. The number of fused-ring (bicyclic) bond motifs is 2. The van der Waals surface area contributed by atoms with Crippen molar-refractivity contribution in [2.75, 3.05) is 5.32 Å². The summed E-state index contributed by atoms with van der Waals surface area (Å²) in [6.07, 6.45) is -2.72. The first-order valence-electron chi connectivity index (χ1n) is 7.36. The first kappa shape index (κ1) is 14.9. The van der Waals surface area contributed by atoms with Gasteiger partial charge in [0.1, 0.15) is 5.82 Å². The van der Waals surface area contributed by atoms with Crippen molar-refractivity contribution in [1.29, 1.82) is 0 Å². The molecule has 0 saturated heterocycles. The van der Waals surface area contributed by atoms with Crippen LogP contribution in [0.25, 0.3) is 15.7 Å². The molecule has 4 aromatic rings. The molecule has 0 bridgehead atoms. The maximum absolute atomic E-state index is 12.9. The fraction of sp³-hybridized carbons (Fsp3) is 0.188. The molecule has 0 radical (unpaired) electrons. The lowest BCUT2D eigenvalue weighted by atomic mass is 10.1. The summed E-state index contributed by atoms with van der Waals surface area (Å²) in [6, 6.07) is 11.5. The number of aromatic nitrogens is 4. The molecule has 0 aliphatic heterocycles. The summed E-state index contributed by atoms with van der Waals surface area (Å²) in [5.41, 5.74) is 1.44. The van der Waals surface area contributed by atoms with Crippen LogP contribution in [-0.4, -0.2) is 19.8 Å². The number of thiophene rings is 1. The number of anilines is 1. The molecule has 8 heteroatoms. The zero-order valence-electron chi connectivity index (χ0n) is 12.6. The zero-order chi connectivity index (χ0) is 16.7. The Morgan fingerprint density at radius 2 is 1.96 bits per heavy atom. The Labute approximate surface area is 140 Å². The summed E-state index contributed by atoms with van der Waals surface area (Å²) in [5, 5.41) is 17.9. The molecule has 0 aliphatic carbocycles. The Morgan fingerprint density at radius 1 is 1.12 bits per heavy atom. The topological polar surface area (TPSA) is 55.1 Å². The third-order valence-corrected chi connectivity index (χ3v) is 4.81. The number of nitrogens with one attached hydrogen (secondary N) is 1. The van der Waals surface area contributed by atoms with E-state index in [2.05, 4.69) is 38.1 Å². The van der Waals surface area contributed by atoms with Crippen molar-refractivity contribution in [2.45, 2.75) is 19.4 Å². The highest BCUT2D eigenvalue weighted by atomic mass is 32.1. The van der Waals surface area contributed by atoms with E-state index in [0.29, 0.717) is 11.5 Å². The van der Waals surface area contributed by atoms with Crippen molar-refractivity contribution < 1.29 is 8.78 Å². The van der Waals surface area contributed by atoms with Crippen LogP contribution in [0.3, 0.4) is 0 Å². The van der Waals surface area contributed by atoms with E-state index in [0.717, 1.165) is 10.1 Å². The minimum absolute atomic E-state index is 0.0161. The van der Waals surface area contributed by atoms with E-state index in [9.17, 15) is 8.78 Å². The number of benzene rings is 1. The van der Waals surface area contributed by atoms with Crippen LogP contribution in [0.2, 0.25) is 0 Å². The predicted molar refractivity (Wildman–Crippen MR) is 89.6 cm³/mol. The number of halogens is 2. The SMILES string of the molecule is CC(Nc1ccc2nnc(C(F)F)n2n1)c1csc2ccccc12. The van der Waals surface area contributed by atoms with Crippen LogP contribution < -0.4 is 5.32 Å². The Kier molecular flexibility index (Phi) is 3.61. The summed E-state index contributed by atoms with van der Waals surface area (Å²) < 4.78 is 28.2. The zero-order valence-corrected chi connectivity index (χ0v) is 13.5. The van der Waals surface area contributed by atoms with E-state index >= 15 is 0 Å². The summed E-state index contributed by atoms with van der Waals surface area (Å²) in [4.78, 5) is 0. The fourth-order valence-electron chi connectivity index (χ4n) is 2.65. The van der Waals surface area contributed by atoms with Gasteiger partial charge >= 0.3 is 0 Å². The molecule has 0 saturated carbocycles. The predicted octanol–water partition coefficient (Wildman–Crippen LogP) is 4.45. The molecule has 1 unspecified atom stereocenters. The quantitative estimate of drug-likeness (QED) is 0.594. The van der Waals surface area contributed by atoms with Gasteiger partial charge < -0.3 is 5.32 Å². The van der Waals surface area contributed by atoms with Gasteiger partial charge in [0, 0.05) is 4.70 Å². The average molecular weight is 345 g/mol. The molecule has 0 fully saturated rings. The largest absolute Gasteiger partial charge is 0.362 e. The molecular weight excluding hydrogens is 332 g/mol. The first-order valence-corrected chi connectivity index (χ1v) is 8.24. The molecule has 122 valence electrons. The number of nitrogens with zero attached hydrogens (tertiary/aromatic N) is 4. The van der Waals surface area contributed by atoms with Crippen LogP contribution in [0, 0.1) is 0 Å². The van der Waals surface area contributed by atoms with Gasteiger partial charge in [-0.15, -0.1) is 26.6 Å². The van der Waals surface area contributed by atoms with E-state index in [4.69, 9.17) is 0 Å². The van der Waals surface area contributed by atoms with Gasteiger partial charge in [0.2, 0.25) is 5.82 Å². The number of alkyl halides is 2. The van der Waals surface area contributed by atoms with Crippen molar-refractivity contribution in [2.24, 2.45) is 0 Å². The van der Waals surface area contributed by atoms with Crippen LogP contribution in [0.1, 0.15) is 30.8 Å². The van der Waals surface area contributed by atoms with Gasteiger partial charge in [0.15, 0.2) is 5.65 Å². The lowest BCUT2D eigenvalue weighted by Crippen LogP contribution is -2.10. The smallest absolute Gasteiger partial charge is 0.299 e. The number of rotatable bonds is 4. The van der Waals surface area contributed by atoms with Gasteiger partial charge in [-0.2, -0.15) is 4.52 Å². The number of hydrogen-bond donors (Lipinski definition) is 1. The van der Waals surface area contributed by atoms with Crippen LogP contribution in [-0.2, 0) is 0 Å². The van der Waals surface area contributed by atoms with Crippen molar-refractivity contribution in [3.05, 3.63) is 53.2 Å². The normalized spacial score (nSPS) is 13.0. The molecule has 4 rings (SSSR count). The second kappa shape index (κ2) is 5.79. The lowest BCUT2D eigenvalue weighted by Gasteiger charge is -2.14. The standard InChI is InChI=1S/C16H13F2N5S/c1-9(11-8-24-12-5-3-2-4-10(11)12)19-13-6-7-14-20-21-16(15(17)18)23(14)22-13/h2-9,15H,1H3,(H,19,22). The minimum Gasteiger partial charge on any atom is -0.362 e. The maximum Gasteiger partial charge on any atom is 0.299 e. The Balaban J connectivity index is 1.67. The molecule has 3 heterocycles. The fourth-order valence-corrected chi connectivity index (χ4v) is 3.71. The minimum atomic E-state index is -2.72. The second-order valence-corrected chi connectivity index (χ2v) is 6.31. The molecule has 0 amide bonds. The highest BCUT2D eigenvalue weighted by molar-refractivity contribution is 7.17. The van der Waals surface area contributed by atoms with Gasteiger partial charge in [-0.1, -0.05) is 18.2 Å². The van der Waals surface area contributed by atoms with Gasteiger partial charge in [-0.3, -0.25) is 0 Å². The summed E-state index contributed by atoms with van der Waals surface area (Å²) in [5.74, 6) is 0.0364. The van der Waals surface area contributed by atoms with Crippen LogP contribution in [0.15, 0.2) is 41.8 Å². The molecule has 0 spiro atoms. The summed E-state index contributed by atoms with van der Waals surface area (Å²) in [6.45, 7) is 2.01. The Hall–Kier alpha value is -2.61. The monoisotopic (exact) mass is 345 g/mol. The van der Waals surface area contributed by atoms with Crippen molar-refractivity contribution in [3.63, 3.8) is 0 Å². The molecule has 1 atom stereocenters. The van der Waals surface area contributed by atoms with Gasteiger partial charge in [0.05, 0.1) is 6.04 Å². The maximum atomic E-state index is 12.9. The van der Waals surface area contributed by atoms with E-state index in [1.807, 2.05) is 19.1 Å². The van der Waals surface area contributed by atoms with Crippen molar-refractivity contribution >= 4 is 32.9 Å². The van der Waals surface area contributed by atoms with Crippen LogP contribution in [0.5, 0.6) is 0 Å². The Bertz CT molecular complexity index is 1010. The van der Waals surface area contributed by atoms with E-state index in [-0.39, 0.29) is 6.04 Å². The van der Waals surface area contributed by atoms with E-state index in [1.54, 1.807) is 23.5 Å². The molecule has 3 aromatic heterocycles. The average Bonchev–Trinajstić information content (AvgIpc) is 3.18. The van der Waals surface area contributed by atoms with Crippen LogP contribution in [0.4, 0.5) is 14.6 Å². The molecule has 5 nitrogen and oxygen atoms in total. The number of hydrogen-bond acceptors (Lipinski definition) is 5. The molecule has 24 heavy (non-hydrogen) atoms. The third-order valence-electron chi connectivity index (χ3n) is 3.82. The summed E-state index contributed by atoms with van der Waals surface area (Å²) in [7, 11) is 0. The molecule has 1 N–H and O–H groups in total. The van der Waals surface area contributed by atoms with Crippen LogP contribution >= 0.6 is 11.3 Å². The Morgan fingerprint density at radius 3 is 2.79 bits per heavy atom. The lowest BCUT2D eigenvalue weighted by molar-refractivity contribution is 0.137. The molecule has 1 aromatic carbocycles. The van der Waals surface area contributed by atoms with Gasteiger partial charge in [0.25, 0.3) is 6.43 Å². The second-order valence-electron chi connectivity index (χ2n) is 5.40. The highest BCUT2D eigenvalue weighted by Crippen LogP contribution is 2.31. The van der Waals surface area contributed by atoms with Gasteiger partial charge in [-0.25, -0.2) is 8.78 Å². The van der Waals surface area contributed by atoms with E-state index in [1.165, 1.54) is 10.1 Å².